The monoisotopic (exact) mass is 305 g/mol. The summed E-state index contributed by atoms with van der Waals surface area (Å²) in [5, 5.41) is 0. The molecule has 2 fully saturated rings. The molecule has 2 aliphatic carbocycles. The summed E-state index contributed by atoms with van der Waals surface area (Å²) in [5.41, 5.74) is -4.25. The molecule has 0 aromatic carbocycles. The summed E-state index contributed by atoms with van der Waals surface area (Å²) in [6.45, 7) is 1.99. The lowest BCUT2D eigenvalue weighted by molar-refractivity contribution is -0.388. The second kappa shape index (κ2) is 4.76. The van der Waals surface area contributed by atoms with E-state index in [0.717, 1.165) is 0 Å². The van der Waals surface area contributed by atoms with Crippen molar-refractivity contribution in [1.29, 1.82) is 0 Å². The second-order valence-electron chi connectivity index (χ2n) is 6.11. The van der Waals surface area contributed by atoms with Crippen molar-refractivity contribution in [1.82, 2.24) is 0 Å². The van der Waals surface area contributed by atoms with Crippen LogP contribution in [0.4, 0.5) is 26.3 Å². The molecule has 0 spiro atoms. The first kappa shape index (κ1) is 15.9. The van der Waals surface area contributed by atoms with Gasteiger partial charge in [0.1, 0.15) is 0 Å². The Morgan fingerprint density at radius 3 is 1.80 bits per heavy atom. The van der Waals surface area contributed by atoms with Gasteiger partial charge in [0.2, 0.25) is 0 Å². The third kappa shape index (κ3) is 2.30. The summed E-state index contributed by atoms with van der Waals surface area (Å²) in [7, 11) is 0. The second-order valence-corrected chi connectivity index (χ2v) is 6.11. The molecule has 2 rings (SSSR count). The van der Waals surface area contributed by atoms with Gasteiger partial charge >= 0.3 is 12.4 Å². The molecule has 0 amide bonds. The topological polar surface area (TPSA) is 35.2 Å². The van der Waals surface area contributed by atoms with Gasteiger partial charge in [0.15, 0.2) is 0 Å². The zero-order chi connectivity index (χ0) is 15.3. The molecule has 0 heterocycles. The molecule has 0 aromatic heterocycles. The Balaban J connectivity index is 2.22. The van der Waals surface area contributed by atoms with E-state index in [9.17, 15) is 26.3 Å². The van der Waals surface area contributed by atoms with Crippen molar-refractivity contribution >= 4 is 0 Å². The average molecular weight is 305 g/mol. The summed E-state index contributed by atoms with van der Waals surface area (Å²) in [6.07, 6.45) is -10.5. The lowest BCUT2D eigenvalue weighted by atomic mass is 9.77. The highest BCUT2D eigenvalue weighted by Gasteiger charge is 2.73. The molecular formula is C12H17F6NO. The summed E-state index contributed by atoms with van der Waals surface area (Å²) in [5.74, 6) is 4.32. The molecule has 20 heavy (non-hydrogen) atoms. The molecular weight excluding hydrogens is 288 g/mol. The van der Waals surface area contributed by atoms with Crippen LogP contribution in [0.5, 0.6) is 0 Å². The normalized spacial score (nSPS) is 34.8. The van der Waals surface area contributed by atoms with Crippen LogP contribution < -0.4 is 5.90 Å². The molecule has 0 saturated heterocycles. The zero-order valence-corrected chi connectivity index (χ0v) is 10.9. The lowest BCUT2D eigenvalue weighted by Crippen LogP contribution is -2.61. The van der Waals surface area contributed by atoms with Gasteiger partial charge in [-0.25, -0.2) is 5.90 Å². The number of fused-ring (bicyclic) bond motifs is 2. The van der Waals surface area contributed by atoms with Crippen molar-refractivity contribution in [3.05, 3.63) is 0 Å². The number of halogens is 6. The summed E-state index contributed by atoms with van der Waals surface area (Å²) >= 11 is 0. The molecule has 0 aromatic rings. The maximum absolute atomic E-state index is 12.9. The van der Waals surface area contributed by atoms with Crippen molar-refractivity contribution in [3.8, 4) is 0 Å². The molecule has 2 bridgehead atoms. The van der Waals surface area contributed by atoms with Crippen LogP contribution in [-0.4, -0.2) is 18.0 Å². The largest absolute Gasteiger partial charge is 0.428 e. The first-order chi connectivity index (χ1) is 9.02. The van der Waals surface area contributed by atoms with Gasteiger partial charge in [0.05, 0.1) is 0 Å². The highest BCUT2D eigenvalue weighted by atomic mass is 19.4. The fourth-order valence-electron chi connectivity index (χ4n) is 3.88. The van der Waals surface area contributed by atoms with E-state index in [-0.39, 0.29) is 11.8 Å². The maximum atomic E-state index is 12.9. The van der Waals surface area contributed by atoms with Gasteiger partial charge in [-0.3, -0.25) is 4.84 Å². The van der Waals surface area contributed by atoms with E-state index in [1.165, 1.54) is 0 Å². The van der Waals surface area contributed by atoms with Crippen LogP contribution in [0.15, 0.2) is 0 Å². The highest BCUT2D eigenvalue weighted by molar-refractivity contribution is 5.02. The van der Waals surface area contributed by atoms with Gasteiger partial charge in [-0.15, -0.1) is 0 Å². The number of alkyl halides is 6. The number of hydrogen-bond donors (Lipinski definition) is 1. The fourth-order valence-corrected chi connectivity index (χ4v) is 3.88. The number of rotatable bonds is 3. The molecule has 2 N–H and O–H groups in total. The average Bonchev–Trinajstić information content (AvgIpc) is 2.80. The van der Waals surface area contributed by atoms with E-state index >= 15 is 0 Å². The van der Waals surface area contributed by atoms with Crippen molar-refractivity contribution < 1.29 is 31.2 Å². The van der Waals surface area contributed by atoms with E-state index in [0.29, 0.717) is 25.2 Å². The summed E-state index contributed by atoms with van der Waals surface area (Å²) < 4.78 is 77.5. The van der Waals surface area contributed by atoms with Crippen LogP contribution in [0.3, 0.4) is 0 Å². The van der Waals surface area contributed by atoms with E-state index in [4.69, 9.17) is 0 Å². The Kier molecular flexibility index (Phi) is 3.78. The Morgan fingerprint density at radius 1 is 0.950 bits per heavy atom. The van der Waals surface area contributed by atoms with Crippen molar-refractivity contribution in [3.63, 3.8) is 0 Å². The fraction of sp³-hybridized carbons (Fsp3) is 1.00. The predicted octanol–water partition coefficient (Wildman–Crippen LogP) is 3.81. The molecule has 2 saturated carbocycles. The highest BCUT2D eigenvalue weighted by Crippen LogP contribution is 2.57. The van der Waals surface area contributed by atoms with Crippen LogP contribution in [0.2, 0.25) is 0 Å². The van der Waals surface area contributed by atoms with Gasteiger partial charge in [0.25, 0.3) is 5.60 Å². The predicted molar refractivity (Wildman–Crippen MR) is 58.2 cm³/mol. The first-order valence-corrected chi connectivity index (χ1v) is 6.53. The van der Waals surface area contributed by atoms with E-state index < -0.39 is 30.3 Å². The van der Waals surface area contributed by atoms with Crippen molar-refractivity contribution in [2.45, 2.75) is 50.6 Å². The molecule has 4 atom stereocenters. The Morgan fingerprint density at radius 2 is 1.50 bits per heavy atom. The third-order valence-electron chi connectivity index (χ3n) is 5.02. The van der Waals surface area contributed by atoms with Gasteiger partial charge in [-0.2, -0.15) is 26.3 Å². The first-order valence-electron chi connectivity index (χ1n) is 6.53. The van der Waals surface area contributed by atoms with Crippen LogP contribution in [-0.2, 0) is 4.84 Å². The summed E-state index contributed by atoms with van der Waals surface area (Å²) in [6, 6.07) is 0. The van der Waals surface area contributed by atoms with Crippen molar-refractivity contribution in [2.24, 2.45) is 29.6 Å². The minimum Gasteiger partial charge on any atom is -0.279 e. The molecule has 2 nitrogen and oxygen atoms in total. The zero-order valence-electron chi connectivity index (χ0n) is 10.9. The van der Waals surface area contributed by atoms with Crippen LogP contribution in [0.1, 0.15) is 32.6 Å². The van der Waals surface area contributed by atoms with Crippen LogP contribution >= 0.6 is 0 Å². The lowest BCUT2D eigenvalue weighted by Gasteiger charge is -2.39. The smallest absolute Gasteiger partial charge is 0.279 e. The quantitative estimate of drug-likeness (QED) is 0.635. The molecule has 8 heteroatoms. The number of nitrogens with two attached hydrogens (primary N) is 1. The van der Waals surface area contributed by atoms with Gasteiger partial charge in [0, 0.05) is 0 Å². The Hall–Kier alpha value is -0.500. The van der Waals surface area contributed by atoms with Crippen molar-refractivity contribution in [2.75, 3.05) is 0 Å². The van der Waals surface area contributed by atoms with Gasteiger partial charge in [-0.05, 0) is 49.4 Å². The van der Waals surface area contributed by atoms with Crippen LogP contribution in [0.25, 0.3) is 0 Å². The van der Waals surface area contributed by atoms with Gasteiger partial charge < -0.3 is 0 Å². The Bertz CT molecular complexity index is 350. The standard InChI is InChI=1S/C12H17F6NO/c1-6-2-8-3-7(6)4-9(8)5-10(20-19,11(13,14)15)12(16,17)18/h6-9H,2-5,19H2,1H3/t6-,7?,8?,9?/m1/s1. The molecule has 0 aliphatic heterocycles. The molecule has 0 radical (unpaired) electrons. The Labute approximate surface area is 112 Å². The minimum atomic E-state index is -5.58. The SMILES string of the molecule is C[C@@H]1CC2CC1CC2CC(ON)(C(F)(F)F)C(F)(F)F. The van der Waals surface area contributed by atoms with Crippen LogP contribution in [0, 0.1) is 23.7 Å². The van der Waals surface area contributed by atoms with E-state index in [2.05, 4.69) is 10.7 Å². The minimum absolute atomic E-state index is 0.0887. The summed E-state index contributed by atoms with van der Waals surface area (Å²) in [4.78, 5) is 3.51. The maximum Gasteiger partial charge on any atom is 0.428 e. The number of hydrogen-bond acceptors (Lipinski definition) is 2. The van der Waals surface area contributed by atoms with E-state index in [1.807, 2.05) is 6.92 Å². The molecule has 3 unspecified atom stereocenters. The molecule has 2 aliphatic rings. The van der Waals surface area contributed by atoms with Gasteiger partial charge in [-0.1, -0.05) is 6.92 Å². The molecule has 118 valence electrons. The van der Waals surface area contributed by atoms with E-state index in [1.54, 1.807) is 0 Å². The third-order valence-corrected chi connectivity index (χ3v) is 5.02.